The van der Waals surface area contributed by atoms with Crippen molar-refractivity contribution in [1.29, 1.82) is 0 Å². The Morgan fingerprint density at radius 3 is 1.86 bits per heavy atom. The second kappa shape index (κ2) is 9.54. The molecule has 0 radical (unpaired) electrons. The molecule has 0 aliphatic rings. The second-order valence-electron chi connectivity index (χ2n) is 8.29. The van der Waals surface area contributed by atoms with Crippen molar-refractivity contribution in [1.82, 2.24) is 14.9 Å². The van der Waals surface area contributed by atoms with E-state index >= 15 is 0 Å². The number of rotatable bonds is 7. The van der Waals surface area contributed by atoms with Crippen LogP contribution in [0.2, 0.25) is 0 Å². The van der Waals surface area contributed by atoms with E-state index in [-0.39, 0.29) is 28.1 Å². The van der Waals surface area contributed by atoms with E-state index in [1.165, 1.54) is 45.3 Å². The van der Waals surface area contributed by atoms with Gasteiger partial charge in [0, 0.05) is 17.4 Å². The Kier molecular flexibility index (Phi) is 7.34. The van der Waals surface area contributed by atoms with Crippen LogP contribution in [0.15, 0.2) is 59.5 Å². The Morgan fingerprint density at radius 1 is 0.889 bits per heavy atom. The van der Waals surface area contributed by atoms with E-state index in [0.717, 1.165) is 11.2 Å². The highest BCUT2D eigenvalue weighted by molar-refractivity contribution is 7.90. The van der Waals surface area contributed by atoms with Crippen LogP contribution in [-0.4, -0.2) is 56.6 Å². The highest BCUT2D eigenvalue weighted by Crippen LogP contribution is 2.45. The molecule has 1 unspecified atom stereocenters. The standard InChI is InChI=1S/C23H24F3N3O5S2/c1-5-22(29(2)3,36(32,33)34)20-18(15-9-7-6-8-10-15)19(27-21(28-20)23(24,25)26)16-11-13-17(14-12-16)35(4,30)31/h6-14H,5H2,1-4H3,(H,32,33,34). The van der Waals surface area contributed by atoms with Crippen molar-refractivity contribution >= 4 is 20.0 Å². The molecule has 3 aromatic rings. The van der Waals surface area contributed by atoms with Gasteiger partial charge in [0.15, 0.2) is 14.7 Å². The third-order valence-electron chi connectivity index (χ3n) is 5.78. The van der Waals surface area contributed by atoms with Crippen molar-refractivity contribution in [2.75, 3.05) is 20.4 Å². The number of alkyl halides is 3. The number of nitrogens with zero attached hydrogens (tertiary/aromatic N) is 3. The lowest BCUT2D eigenvalue weighted by molar-refractivity contribution is -0.145. The summed E-state index contributed by atoms with van der Waals surface area (Å²) >= 11 is 0. The van der Waals surface area contributed by atoms with Gasteiger partial charge in [-0.2, -0.15) is 21.6 Å². The average molecular weight is 544 g/mol. The van der Waals surface area contributed by atoms with Crippen molar-refractivity contribution in [3.8, 4) is 22.4 Å². The molecule has 3 rings (SSSR count). The zero-order chi connectivity index (χ0) is 27.1. The third kappa shape index (κ3) is 5.01. The van der Waals surface area contributed by atoms with Crippen LogP contribution in [0, 0.1) is 0 Å². The molecule has 194 valence electrons. The molecule has 8 nitrogen and oxygen atoms in total. The summed E-state index contributed by atoms with van der Waals surface area (Å²) < 4.78 is 102. The van der Waals surface area contributed by atoms with Crippen LogP contribution in [0.3, 0.4) is 0 Å². The summed E-state index contributed by atoms with van der Waals surface area (Å²) in [6.45, 7) is 1.40. The Morgan fingerprint density at radius 2 is 1.44 bits per heavy atom. The number of aromatic nitrogens is 2. The van der Waals surface area contributed by atoms with Gasteiger partial charge in [0.25, 0.3) is 10.1 Å². The average Bonchev–Trinajstić information content (AvgIpc) is 2.77. The maximum Gasteiger partial charge on any atom is 0.451 e. The fourth-order valence-electron chi connectivity index (χ4n) is 4.05. The molecule has 1 aromatic heterocycles. The van der Waals surface area contributed by atoms with Crippen LogP contribution in [0.25, 0.3) is 22.4 Å². The zero-order valence-corrected chi connectivity index (χ0v) is 21.4. The van der Waals surface area contributed by atoms with Crippen LogP contribution < -0.4 is 0 Å². The minimum absolute atomic E-state index is 0.0520. The molecule has 0 saturated carbocycles. The first kappa shape index (κ1) is 27.7. The Hall–Kier alpha value is -2.87. The number of hydrogen-bond donors (Lipinski definition) is 1. The molecule has 0 aliphatic carbocycles. The Bertz CT molecular complexity index is 1480. The predicted octanol–water partition coefficient (Wildman–Crippen LogP) is 4.25. The fraction of sp³-hybridized carbons (Fsp3) is 0.304. The van der Waals surface area contributed by atoms with E-state index in [1.54, 1.807) is 30.3 Å². The van der Waals surface area contributed by atoms with Gasteiger partial charge in [0.2, 0.25) is 5.82 Å². The minimum Gasteiger partial charge on any atom is -0.284 e. The van der Waals surface area contributed by atoms with Crippen LogP contribution in [0.1, 0.15) is 24.9 Å². The summed E-state index contributed by atoms with van der Waals surface area (Å²) in [7, 11) is -6.04. The Labute approximate surface area is 207 Å². The van der Waals surface area contributed by atoms with Crippen molar-refractivity contribution in [2.24, 2.45) is 0 Å². The first-order valence-electron chi connectivity index (χ1n) is 10.5. The molecule has 0 spiro atoms. The van der Waals surface area contributed by atoms with E-state index in [0.29, 0.717) is 5.56 Å². The van der Waals surface area contributed by atoms with Gasteiger partial charge in [-0.1, -0.05) is 49.4 Å². The molecule has 0 saturated heterocycles. The molecule has 0 amide bonds. The van der Waals surface area contributed by atoms with Crippen molar-refractivity contribution in [2.45, 2.75) is 29.3 Å². The summed E-state index contributed by atoms with van der Waals surface area (Å²) in [4.78, 5) is 6.10. The van der Waals surface area contributed by atoms with Gasteiger partial charge in [-0.3, -0.25) is 9.45 Å². The molecule has 0 aliphatic heterocycles. The predicted molar refractivity (Wildman–Crippen MR) is 128 cm³/mol. The van der Waals surface area contributed by atoms with Gasteiger partial charge in [0.1, 0.15) is 0 Å². The maximum atomic E-state index is 14.0. The van der Waals surface area contributed by atoms with Gasteiger partial charge in [0.05, 0.1) is 16.3 Å². The topological polar surface area (TPSA) is 118 Å². The third-order valence-corrected chi connectivity index (χ3v) is 8.61. The Balaban J connectivity index is 2.59. The van der Waals surface area contributed by atoms with E-state index in [2.05, 4.69) is 9.97 Å². The molecule has 1 heterocycles. The van der Waals surface area contributed by atoms with Crippen LogP contribution in [0.5, 0.6) is 0 Å². The largest absolute Gasteiger partial charge is 0.451 e. The lowest BCUT2D eigenvalue weighted by atomic mass is 9.92. The SMILES string of the molecule is CCC(c1nc(C(F)(F)F)nc(-c2ccc(S(C)(=O)=O)cc2)c1-c1ccccc1)(N(C)C)S(=O)(=O)O. The first-order chi connectivity index (χ1) is 16.5. The number of sulfone groups is 1. The van der Waals surface area contributed by atoms with E-state index in [9.17, 15) is 34.6 Å². The zero-order valence-electron chi connectivity index (χ0n) is 19.8. The second-order valence-corrected chi connectivity index (χ2v) is 11.9. The lowest BCUT2D eigenvalue weighted by Crippen LogP contribution is -2.49. The molecule has 1 N–H and O–H groups in total. The summed E-state index contributed by atoms with van der Waals surface area (Å²) in [6, 6.07) is 13.0. The molecular formula is C23H24F3N3O5S2. The van der Waals surface area contributed by atoms with Gasteiger partial charge in [-0.05, 0) is 38.2 Å². The highest BCUT2D eigenvalue weighted by atomic mass is 32.2. The molecule has 0 fully saturated rings. The molecular weight excluding hydrogens is 519 g/mol. The van der Waals surface area contributed by atoms with Crippen molar-refractivity contribution in [3.63, 3.8) is 0 Å². The summed E-state index contributed by atoms with van der Waals surface area (Å²) in [5.74, 6) is -1.61. The molecule has 1 atom stereocenters. The van der Waals surface area contributed by atoms with Gasteiger partial charge >= 0.3 is 6.18 Å². The van der Waals surface area contributed by atoms with E-state index in [1.807, 2.05) is 0 Å². The van der Waals surface area contributed by atoms with Crippen LogP contribution >= 0.6 is 0 Å². The summed E-state index contributed by atoms with van der Waals surface area (Å²) in [5.41, 5.74) is -0.500. The monoisotopic (exact) mass is 543 g/mol. The molecule has 2 aromatic carbocycles. The minimum atomic E-state index is -5.06. The number of hydrogen-bond acceptors (Lipinski definition) is 7. The summed E-state index contributed by atoms with van der Waals surface area (Å²) in [6.07, 6.45) is -4.42. The number of benzene rings is 2. The van der Waals surface area contributed by atoms with Gasteiger partial charge < -0.3 is 0 Å². The van der Waals surface area contributed by atoms with Crippen LogP contribution in [-0.2, 0) is 31.0 Å². The van der Waals surface area contributed by atoms with E-state index < -0.39 is 42.5 Å². The molecule has 0 bridgehead atoms. The fourth-order valence-corrected chi connectivity index (χ4v) is 5.90. The van der Waals surface area contributed by atoms with Gasteiger partial charge in [-0.15, -0.1) is 0 Å². The molecule has 13 heteroatoms. The van der Waals surface area contributed by atoms with Crippen molar-refractivity contribution < 1.29 is 34.6 Å². The normalized spacial score (nSPS) is 14.6. The van der Waals surface area contributed by atoms with Crippen molar-refractivity contribution in [3.05, 3.63) is 66.1 Å². The number of halogens is 3. The summed E-state index contributed by atoms with van der Waals surface area (Å²) in [5, 5.41) is 0. The van der Waals surface area contributed by atoms with Gasteiger partial charge in [-0.25, -0.2) is 18.4 Å². The maximum absolute atomic E-state index is 14.0. The molecule has 36 heavy (non-hydrogen) atoms. The lowest BCUT2D eigenvalue weighted by Gasteiger charge is -2.37. The quantitative estimate of drug-likeness (QED) is 0.440. The highest BCUT2D eigenvalue weighted by Gasteiger charge is 2.51. The first-order valence-corrected chi connectivity index (χ1v) is 13.9. The smallest absolute Gasteiger partial charge is 0.284 e. The van der Waals surface area contributed by atoms with E-state index in [4.69, 9.17) is 0 Å². The van der Waals surface area contributed by atoms with Crippen LogP contribution in [0.4, 0.5) is 13.2 Å².